The molecule has 6 nitrogen and oxygen atoms in total. The van der Waals surface area contributed by atoms with Crippen molar-refractivity contribution in [2.24, 2.45) is 0 Å². The minimum atomic E-state index is -0.233. The monoisotopic (exact) mass is 460 g/mol. The molecule has 0 aliphatic rings. The summed E-state index contributed by atoms with van der Waals surface area (Å²) < 4.78 is 0. The van der Waals surface area contributed by atoms with E-state index in [1.165, 1.54) is 38.5 Å². The van der Waals surface area contributed by atoms with Crippen LogP contribution in [0, 0.1) is 0 Å². The lowest BCUT2D eigenvalue weighted by Gasteiger charge is -2.11. The highest BCUT2D eigenvalue weighted by Gasteiger charge is 2.10. The Kier molecular flexibility index (Phi) is 27.0. The van der Waals surface area contributed by atoms with Crippen molar-refractivity contribution in [3.05, 3.63) is 0 Å². The Morgan fingerprint density at radius 3 is 1.09 bits per heavy atom. The smallest absolute Gasteiger partial charge is 0.298 e. The molecule has 0 atom stereocenters. The molecule has 0 bridgehead atoms. The molecule has 0 rings (SSSR count). The summed E-state index contributed by atoms with van der Waals surface area (Å²) in [7, 11) is 0. The Bertz CT molecular complexity index is 367. The van der Waals surface area contributed by atoms with Gasteiger partial charge in [-0.3, -0.25) is 9.78 Å². The number of rotatable bonds is 20. The van der Waals surface area contributed by atoms with Gasteiger partial charge in [0.25, 0.3) is 0 Å². The van der Waals surface area contributed by atoms with Crippen LogP contribution in [-0.4, -0.2) is 24.1 Å². The van der Waals surface area contributed by atoms with Crippen molar-refractivity contribution >= 4 is 11.9 Å². The van der Waals surface area contributed by atoms with Crippen molar-refractivity contribution in [1.29, 1.82) is 0 Å². The first-order valence-electron chi connectivity index (χ1n) is 13.2. The van der Waals surface area contributed by atoms with Gasteiger partial charge in [0.1, 0.15) is 12.2 Å². The first-order valence-corrected chi connectivity index (χ1v) is 13.2. The molecule has 0 aliphatic carbocycles. The van der Waals surface area contributed by atoms with Gasteiger partial charge in [-0.2, -0.15) is 9.78 Å². The van der Waals surface area contributed by atoms with Crippen molar-refractivity contribution in [2.45, 2.75) is 156 Å². The van der Waals surface area contributed by atoms with Gasteiger partial charge in [-0.15, -0.1) is 0 Å². The Morgan fingerprint density at radius 2 is 0.812 bits per heavy atom. The van der Waals surface area contributed by atoms with Crippen LogP contribution in [0.2, 0.25) is 0 Å². The Balaban J connectivity index is 0. The molecule has 0 spiro atoms. The lowest BCUT2D eigenvalue weighted by atomic mass is 10.1. The average Bonchev–Trinajstić information content (AvgIpc) is 2.80. The van der Waals surface area contributed by atoms with Gasteiger partial charge in [0.2, 0.25) is 0 Å². The molecule has 0 heterocycles. The molecule has 0 aromatic heterocycles. The number of carbonyl (C=O) groups is 2. The third-order valence-electron chi connectivity index (χ3n) is 5.34. The maximum absolute atomic E-state index is 11.3. The van der Waals surface area contributed by atoms with Gasteiger partial charge < -0.3 is 0 Å². The summed E-state index contributed by atoms with van der Waals surface area (Å²) >= 11 is 0. The lowest BCUT2D eigenvalue weighted by molar-refractivity contribution is -0.299. The van der Waals surface area contributed by atoms with Gasteiger partial charge in [-0.05, 0) is 38.5 Å². The van der Waals surface area contributed by atoms with E-state index in [1.54, 1.807) is 0 Å². The zero-order valence-corrected chi connectivity index (χ0v) is 21.9. The topological polar surface area (TPSA) is 71.1 Å². The highest BCUT2D eigenvalue weighted by molar-refractivity contribution is 5.68. The molecule has 0 aromatic carbocycles. The van der Waals surface area contributed by atoms with Gasteiger partial charge in [0.05, 0.1) is 0 Å². The fraction of sp³-hybridized carbons (Fsp3) is 0.923. The van der Waals surface area contributed by atoms with E-state index in [0.717, 1.165) is 51.4 Å². The van der Waals surface area contributed by atoms with Crippen LogP contribution in [0.25, 0.3) is 0 Å². The van der Waals surface area contributed by atoms with Gasteiger partial charge >= 0.3 is 11.9 Å². The lowest BCUT2D eigenvalue weighted by Crippen LogP contribution is -2.14. The van der Waals surface area contributed by atoms with Crippen LogP contribution in [0.1, 0.15) is 144 Å². The molecule has 0 saturated heterocycles. The Morgan fingerprint density at radius 1 is 0.500 bits per heavy atom. The largest absolute Gasteiger partial charge is 0.342 e. The van der Waals surface area contributed by atoms with Crippen LogP contribution in [-0.2, 0) is 29.1 Å². The molecule has 0 aliphatic heterocycles. The zero-order chi connectivity index (χ0) is 24.5. The van der Waals surface area contributed by atoms with Gasteiger partial charge in [0, 0.05) is 12.8 Å². The minimum Gasteiger partial charge on any atom is -0.298 e. The second-order valence-corrected chi connectivity index (χ2v) is 8.31. The number of unbranched alkanes of at least 4 members (excludes halogenated alkanes) is 8. The quantitative estimate of drug-likeness (QED) is 0.104. The Labute approximate surface area is 198 Å². The first kappa shape index (κ1) is 33.0. The number of hydrogen-bond acceptors (Lipinski definition) is 6. The minimum absolute atomic E-state index is 0.0454. The van der Waals surface area contributed by atoms with E-state index in [2.05, 4.69) is 13.8 Å². The summed E-state index contributed by atoms with van der Waals surface area (Å²) in [5.41, 5.74) is 0. The molecule has 0 radical (unpaired) electrons. The van der Waals surface area contributed by atoms with Crippen molar-refractivity contribution < 1.29 is 29.1 Å². The molecular formula is C26H52O6. The molecule has 6 heteroatoms. The van der Waals surface area contributed by atoms with Crippen LogP contribution in [0.15, 0.2) is 0 Å². The summed E-state index contributed by atoms with van der Waals surface area (Å²) in [5.74, 6) is -0.466. The molecule has 0 N–H and O–H groups in total. The van der Waals surface area contributed by atoms with Crippen LogP contribution < -0.4 is 0 Å². The van der Waals surface area contributed by atoms with E-state index < -0.39 is 0 Å². The second kappa shape index (κ2) is 26.1. The molecule has 0 unspecified atom stereocenters. The van der Waals surface area contributed by atoms with E-state index in [0.29, 0.717) is 12.8 Å². The first-order chi connectivity index (χ1) is 15.5. The van der Waals surface area contributed by atoms with Crippen LogP contribution in [0.4, 0.5) is 0 Å². The summed E-state index contributed by atoms with van der Waals surface area (Å²) in [6.07, 6.45) is 15.9. The molecule has 192 valence electrons. The molecule has 0 fully saturated rings. The van der Waals surface area contributed by atoms with Gasteiger partial charge in [-0.1, -0.05) is 92.9 Å². The molecule has 0 saturated carbocycles. The van der Waals surface area contributed by atoms with E-state index in [-0.39, 0.29) is 24.1 Å². The Hall–Kier alpha value is -1.14. The predicted octanol–water partition coefficient (Wildman–Crippen LogP) is 8.02. The predicted molar refractivity (Wildman–Crippen MR) is 130 cm³/mol. The van der Waals surface area contributed by atoms with E-state index in [9.17, 15) is 9.59 Å². The van der Waals surface area contributed by atoms with Crippen LogP contribution in [0.5, 0.6) is 0 Å². The van der Waals surface area contributed by atoms with Crippen molar-refractivity contribution in [3.63, 3.8) is 0 Å². The van der Waals surface area contributed by atoms with Gasteiger partial charge in [0.15, 0.2) is 0 Å². The van der Waals surface area contributed by atoms with E-state index >= 15 is 0 Å². The van der Waals surface area contributed by atoms with E-state index in [4.69, 9.17) is 19.6 Å². The fourth-order valence-electron chi connectivity index (χ4n) is 2.92. The van der Waals surface area contributed by atoms with Crippen LogP contribution in [0.3, 0.4) is 0 Å². The summed E-state index contributed by atoms with van der Waals surface area (Å²) in [4.78, 5) is 42.1. The van der Waals surface area contributed by atoms with Crippen LogP contribution >= 0.6 is 0 Å². The van der Waals surface area contributed by atoms with E-state index in [1.807, 2.05) is 27.7 Å². The summed E-state index contributed by atoms with van der Waals surface area (Å²) in [6.45, 7) is 12.4. The summed E-state index contributed by atoms with van der Waals surface area (Å²) in [6, 6.07) is 0. The standard InChI is InChI=1S/2C13H26O3/c2*1-4-7-8-9-10-11-13(14)16-15-12(5-2)6-3/h2*12H,4-11H2,1-3H3. The number of hydrogen-bond donors (Lipinski definition) is 0. The highest BCUT2D eigenvalue weighted by atomic mass is 17.2. The van der Waals surface area contributed by atoms with Crippen molar-refractivity contribution in [3.8, 4) is 0 Å². The van der Waals surface area contributed by atoms with Crippen molar-refractivity contribution in [2.75, 3.05) is 0 Å². The average molecular weight is 461 g/mol. The third kappa shape index (κ3) is 23.5. The summed E-state index contributed by atoms with van der Waals surface area (Å²) in [5, 5.41) is 0. The normalized spacial score (nSPS) is 10.8. The molecule has 0 aromatic rings. The molecule has 32 heavy (non-hydrogen) atoms. The molecular weight excluding hydrogens is 408 g/mol. The van der Waals surface area contributed by atoms with Gasteiger partial charge in [-0.25, -0.2) is 9.59 Å². The second-order valence-electron chi connectivity index (χ2n) is 8.31. The maximum Gasteiger partial charge on any atom is 0.342 e. The maximum atomic E-state index is 11.3. The SMILES string of the molecule is CCCCCCCC(=O)OOC(CC)CC.CCCCCCCC(=O)OOC(CC)CC. The highest BCUT2D eigenvalue weighted by Crippen LogP contribution is 2.09. The zero-order valence-electron chi connectivity index (χ0n) is 21.9. The third-order valence-corrected chi connectivity index (χ3v) is 5.34. The number of carbonyl (C=O) groups excluding carboxylic acids is 2. The molecule has 0 amide bonds. The van der Waals surface area contributed by atoms with Crippen molar-refractivity contribution in [1.82, 2.24) is 0 Å². The fourth-order valence-corrected chi connectivity index (χ4v) is 2.92.